The Morgan fingerprint density at radius 3 is 2.35 bits per heavy atom. The maximum Gasteiger partial charge on any atom is 0.0991 e. The molecule has 1 aromatic rings. The van der Waals surface area contributed by atoms with Crippen molar-refractivity contribution in [2.75, 3.05) is 6.54 Å². The summed E-state index contributed by atoms with van der Waals surface area (Å²) < 4.78 is 0. The van der Waals surface area contributed by atoms with Crippen molar-refractivity contribution in [3.63, 3.8) is 0 Å². The molecule has 0 heterocycles. The first-order valence-corrected chi connectivity index (χ1v) is 6.21. The molecule has 1 aromatic carbocycles. The summed E-state index contributed by atoms with van der Waals surface area (Å²) in [5.41, 5.74) is 2.39. The number of nitrogens with one attached hydrogen (secondary N) is 1. The van der Waals surface area contributed by atoms with Gasteiger partial charge in [0.05, 0.1) is 11.6 Å². The summed E-state index contributed by atoms with van der Waals surface area (Å²) in [6.07, 6.45) is 2.45. The highest BCUT2D eigenvalue weighted by atomic mass is 14.8. The zero-order valence-electron chi connectivity index (χ0n) is 11.1. The highest BCUT2D eigenvalue weighted by Gasteiger charge is 2.08. The molecular weight excluding hydrogens is 208 g/mol. The van der Waals surface area contributed by atoms with Gasteiger partial charge in [0.2, 0.25) is 0 Å². The van der Waals surface area contributed by atoms with Crippen LogP contribution in [0, 0.1) is 16.7 Å². The van der Waals surface area contributed by atoms with Crippen LogP contribution in [0.3, 0.4) is 0 Å². The predicted molar refractivity (Wildman–Crippen MR) is 71.6 cm³/mol. The molecule has 0 unspecified atom stereocenters. The fourth-order valence-corrected chi connectivity index (χ4v) is 1.67. The van der Waals surface area contributed by atoms with E-state index >= 15 is 0 Å². The zero-order chi connectivity index (χ0) is 12.7. The Kier molecular flexibility index (Phi) is 5.18. The van der Waals surface area contributed by atoms with E-state index < -0.39 is 0 Å². The maximum absolute atomic E-state index is 8.69. The molecule has 0 aromatic heterocycles. The first kappa shape index (κ1) is 13.7. The molecule has 1 rings (SSSR count). The van der Waals surface area contributed by atoms with Crippen molar-refractivity contribution in [3.05, 3.63) is 35.4 Å². The number of hydrogen-bond donors (Lipinski definition) is 1. The van der Waals surface area contributed by atoms with Crippen LogP contribution < -0.4 is 5.32 Å². The summed E-state index contributed by atoms with van der Waals surface area (Å²) in [5.74, 6) is 0. The van der Waals surface area contributed by atoms with E-state index in [9.17, 15) is 0 Å². The molecule has 0 aliphatic rings. The summed E-state index contributed by atoms with van der Waals surface area (Å²) >= 11 is 0. The highest BCUT2D eigenvalue weighted by molar-refractivity contribution is 5.31. The van der Waals surface area contributed by atoms with Gasteiger partial charge in [0.15, 0.2) is 0 Å². The largest absolute Gasteiger partial charge is 0.313 e. The zero-order valence-corrected chi connectivity index (χ0v) is 11.1. The minimum atomic E-state index is 0.427. The maximum atomic E-state index is 8.69. The summed E-state index contributed by atoms with van der Waals surface area (Å²) in [6, 6.07) is 9.88. The second kappa shape index (κ2) is 6.42. The van der Waals surface area contributed by atoms with Gasteiger partial charge < -0.3 is 5.32 Å². The Morgan fingerprint density at radius 1 is 1.18 bits per heavy atom. The van der Waals surface area contributed by atoms with Gasteiger partial charge >= 0.3 is 0 Å². The second-order valence-electron chi connectivity index (χ2n) is 5.65. The number of benzene rings is 1. The van der Waals surface area contributed by atoms with Crippen molar-refractivity contribution in [3.8, 4) is 6.07 Å². The molecule has 0 fully saturated rings. The molecule has 0 atom stereocenters. The van der Waals surface area contributed by atoms with Crippen molar-refractivity contribution in [2.45, 2.75) is 40.2 Å². The molecule has 1 N–H and O–H groups in total. The lowest BCUT2D eigenvalue weighted by Gasteiger charge is -2.17. The molecule has 2 heteroatoms. The molecule has 0 aliphatic carbocycles. The van der Waals surface area contributed by atoms with Crippen LogP contribution in [-0.2, 0) is 6.54 Å². The average molecular weight is 230 g/mol. The Balaban J connectivity index is 2.20. The van der Waals surface area contributed by atoms with Gasteiger partial charge in [-0.15, -0.1) is 0 Å². The van der Waals surface area contributed by atoms with Crippen LogP contribution in [0.2, 0.25) is 0 Å². The van der Waals surface area contributed by atoms with Gasteiger partial charge in [-0.25, -0.2) is 0 Å². The van der Waals surface area contributed by atoms with Gasteiger partial charge in [0.1, 0.15) is 0 Å². The third kappa shape index (κ3) is 6.09. The van der Waals surface area contributed by atoms with E-state index in [0.29, 0.717) is 5.41 Å². The smallest absolute Gasteiger partial charge is 0.0991 e. The van der Waals surface area contributed by atoms with Crippen LogP contribution >= 0.6 is 0 Å². The number of hydrogen-bond acceptors (Lipinski definition) is 2. The van der Waals surface area contributed by atoms with Gasteiger partial charge in [-0.2, -0.15) is 5.26 Å². The number of nitriles is 1. The molecule has 0 radical (unpaired) electrons. The lowest BCUT2D eigenvalue weighted by Crippen LogP contribution is -2.17. The quantitative estimate of drug-likeness (QED) is 0.786. The molecule has 0 amide bonds. The van der Waals surface area contributed by atoms with Gasteiger partial charge in [-0.1, -0.05) is 32.9 Å². The molecule has 0 saturated carbocycles. The monoisotopic (exact) mass is 230 g/mol. The van der Waals surface area contributed by atoms with Crippen molar-refractivity contribution >= 4 is 0 Å². The standard InChI is InChI=1S/C15H22N2/c1-15(2,3)9-4-10-17-12-14-7-5-13(11-16)6-8-14/h5-8,17H,4,9-10,12H2,1-3H3. The fraction of sp³-hybridized carbons (Fsp3) is 0.533. The van der Waals surface area contributed by atoms with Gasteiger partial charge in [-0.05, 0) is 42.5 Å². The summed E-state index contributed by atoms with van der Waals surface area (Å²) in [7, 11) is 0. The van der Waals surface area contributed by atoms with E-state index in [1.54, 1.807) is 0 Å². The lowest BCUT2D eigenvalue weighted by molar-refractivity contribution is 0.361. The highest BCUT2D eigenvalue weighted by Crippen LogP contribution is 2.19. The number of rotatable bonds is 5. The van der Waals surface area contributed by atoms with E-state index in [1.165, 1.54) is 18.4 Å². The van der Waals surface area contributed by atoms with Crippen molar-refractivity contribution in [2.24, 2.45) is 5.41 Å². The Morgan fingerprint density at radius 2 is 1.82 bits per heavy atom. The van der Waals surface area contributed by atoms with Crippen LogP contribution in [0.1, 0.15) is 44.7 Å². The molecule has 0 spiro atoms. The van der Waals surface area contributed by atoms with Crippen molar-refractivity contribution in [1.29, 1.82) is 5.26 Å². The van der Waals surface area contributed by atoms with Gasteiger partial charge in [0.25, 0.3) is 0 Å². The topological polar surface area (TPSA) is 35.8 Å². The van der Waals surface area contributed by atoms with E-state index in [0.717, 1.165) is 18.7 Å². The van der Waals surface area contributed by atoms with Crippen LogP contribution in [0.25, 0.3) is 0 Å². The van der Waals surface area contributed by atoms with Gasteiger partial charge in [0, 0.05) is 6.54 Å². The van der Waals surface area contributed by atoms with Crippen molar-refractivity contribution in [1.82, 2.24) is 5.32 Å². The molecule has 2 nitrogen and oxygen atoms in total. The molecule has 0 aliphatic heterocycles. The molecular formula is C15H22N2. The Bertz CT molecular complexity index is 365. The summed E-state index contributed by atoms with van der Waals surface area (Å²) in [4.78, 5) is 0. The summed E-state index contributed by atoms with van der Waals surface area (Å²) in [6.45, 7) is 8.75. The second-order valence-corrected chi connectivity index (χ2v) is 5.65. The molecule has 17 heavy (non-hydrogen) atoms. The third-order valence-electron chi connectivity index (χ3n) is 2.69. The van der Waals surface area contributed by atoms with Crippen LogP contribution in [0.5, 0.6) is 0 Å². The van der Waals surface area contributed by atoms with E-state index in [-0.39, 0.29) is 0 Å². The van der Waals surface area contributed by atoms with Gasteiger partial charge in [-0.3, -0.25) is 0 Å². The average Bonchev–Trinajstić information content (AvgIpc) is 2.28. The predicted octanol–water partition coefficient (Wildman–Crippen LogP) is 3.47. The first-order valence-electron chi connectivity index (χ1n) is 6.21. The Hall–Kier alpha value is -1.33. The van der Waals surface area contributed by atoms with Crippen LogP contribution in [0.15, 0.2) is 24.3 Å². The normalized spacial score (nSPS) is 11.2. The van der Waals surface area contributed by atoms with Crippen molar-refractivity contribution < 1.29 is 0 Å². The minimum Gasteiger partial charge on any atom is -0.313 e. The van der Waals surface area contributed by atoms with E-state index in [4.69, 9.17) is 5.26 Å². The van der Waals surface area contributed by atoms with Crippen LogP contribution in [-0.4, -0.2) is 6.54 Å². The molecule has 0 bridgehead atoms. The SMILES string of the molecule is CC(C)(C)CCCNCc1ccc(C#N)cc1. The lowest BCUT2D eigenvalue weighted by atomic mass is 9.91. The van der Waals surface area contributed by atoms with E-state index in [2.05, 4.69) is 32.2 Å². The fourth-order valence-electron chi connectivity index (χ4n) is 1.67. The van der Waals surface area contributed by atoms with Crippen LogP contribution in [0.4, 0.5) is 0 Å². The number of nitrogens with zero attached hydrogens (tertiary/aromatic N) is 1. The molecule has 0 saturated heterocycles. The Labute approximate surface area is 105 Å². The molecule has 92 valence electrons. The minimum absolute atomic E-state index is 0.427. The first-order chi connectivity index (χ1) is 8.01. The third-order valence-corrected chi connectivity index (χ3v) is 2.69. The summed E-state index contributed by atoms with van der Waals surface area (Å²) in [5, 5.41) is 12.1. The van der Waals surface area contributed by atoms with E-state index in [1.807, 2.05) is 24.3 Å².